The van der Waals surface area contributed by atoms with Crippen LogP contribution in [-0.2, 0) is 4.79 Å². The van der Waals surface area contributed by atoms with Crippen LogP contribution in [0.2, 0.25) is 0 Å². The number of nitrogens with zero attached hydrogens (tertiary/aromatic N) is 1. The third kappa shape index (κ3) is 6.70. The minimum Gasteiger partial charge on any atom is -0.354 e. The van der Waals surface area contributed by atoms with Gasteiger partial charge in [-0.25, -0.2) is 4.79 Å². The normalized spacial score (nSPS) is 17.0. The molecule has 7 heteroatoms. The first kappa shape index (κ1) is 23.2. The molecule has 1 aromatic rings. The maximum atomic E-state index is 12.5. The van der Waals surface area contributed by atoms with Crippen molar-refractivity contribution in [2.24, 2.45) is 11.7 Å². The average molecular weight is 397 g/mol. The highest BCUT2D eigenvalue weighted by atomic mass is 35.5. The van der Waals surface area contributed by atoms with Crippen molar-refractivity contribution in [1.29, 1.82) is 0 Å². The van der Waals surface area contributed by atoms with Crippen molar-refractivity contribution < 1.29 is 9.59 Å². The van der Waals surface area contributed by atoms with Crippen LogP contribution in [-0.4, -0.2) is 42.0 Å². The van der Waals surface area contributed by atoms with E-state index in [1.165, 1.54) is 0 Å². The van der Waals surface area contributed by atoms with Gasteiger partial charge in [0.05, 0.1) is 5.92 Å². The van der Waals surface area contributed by atoms with Crippen LogP contribution in [0.1, 0.15) is 45.1 Å². The van der Waals surface area contributed by atoms with Gasteiger partial charge in [0, 0.05) is 30.9 Å². The largest absolute Gasteiger partial charge is 0.354 e. The van der Waals surface area contributed by atoms with Crippen LogP contribution >= 0.6 is 12.4 Å². The lowest BCUT2D eigenvalue weighted by Gasteiger charge is -2.33. The Kier molecular flexibility index (Phi) is 9.06. The Morgan fingerprint density at radius 3 is 2.63 bits per heavy atom. The number of aryl methyl sites for hydroxylation is 1. The number of benzene rings is 1. The molecule has 0 aliphatic carbocycles. The van der Waals surface area contributed by atoms with Gasteiger partial charge in [0.15, 0.2) is 0 Å². The van der Waals surface area contributed by atoms with Crippen molar-refractivity contribution >= 4 is 30.0 Å². The Morgan fingerprint density at radius 1 is 1.30 bits per heavy atom. The third-order valence-electron chi connectivity index (χ3n) is 5.37. The van der Waals surface area contributed by atoms with Gasteiger partial charge in [0.1, 0.15) is 0 Å². The van der Waals surface area contributed by atoms with E-state index in [1.807, 2.05) is 45.0 Å². The quantitative estimate of drug-likeness (QED) is 0.689. The zero-order valence-electron chi connectivity index (χ0n) is 16.6. The van der Waals surface area contributed by atoms with Gasteiger partial charge < -0.3 is 21.3 Å². The van der Waals surface area contributed by atoms with E-state index in [1.54, 1.807) is 4.90 Å². The van der Waals surface area contributed by atoms with Crippen molar-refractivity contribution in [2.45, 2.75) is 52.0 Å². The number of hydrogen-bond donors (Lipinski definition) is 3. The van der Waals surface area contributed by atoms with Crippen LogP contribution in [0.4, 0.5) is 10.5 Å². The lowest BCUT2D eigenvalue weighted by atomic mass is 9.93. The summed E-state index contributed by atoms with van der Waals surface area (Å²) in [6, 6.07) is 7.56. The second-order valence-corrected chi connectivity index (χ2v) is 7.37. The van der Waals surface area contributed by atoms with Gasteiger partial charge in [0.2, 0.25) is 5.91 Å². The fourth-order valence-corrected chi connectivity index (χ4v) is 3.21. The summed E-state index contributed by atoms with van der Waals surface area (Å²) in [7, 11) is 0. The molecule has 1 atom stereocenters. The number of hydrogen-bond acceptors (Lipinski definition) is 3. The van der Waals surface area contributed by atoms with Crippen molar-refractivity contribution in [1.82, 2.24) is 10.2 Å². The number of piperidine rings is 1. The Labute approximate surface area is 168 Å². The molecule has 1 unspecified atom stereocenters. The molecule has 0 aromatic heterocycles. The van der Waals surface area contributed by atoms with Gasteiger partial charge in [-0.2, -0.15) is 0 Å². The maximum Gasteiger partial charge on any atom is 0.321 e. The predicted molar refractivity (Wildman–Crippen MR) is 112 cm³/mol. The second kappa shape index (κ2) is 10.5. The molecule has 27 heavy (non-hydrogen) atoms. The van der Waals surface area contributed by atoms with E-state index in [0.29, 0.717) is 19.6 Å². The summed E-state index contributed by atoms with van der Waals surface area (Å²) >= 11 is 0. The molecule has 0 bridgehead atoms. The molecule has 4 N–H and O–H groups in total. The zero-order valence-corrected chi connectivity index (χ0v) is 17.4. The number of likely N-dealkylation sites (tertiary alicyclic amines) is 1. The van der Waals surface area contributed by atoms with Crippen LogP contribution in [0.15, 0.2) is 24.3 Å². The number of nitrogens with one attached hydrogen (secondary N) is 2. The monoisotopic (exact) mass is 396 g/mol. The molecular formula is C20H33ClN4O2. The minimum atomic E-state index is -0.355. The molecule has 3 amide bonds. The smallest absolute Gasteiger partial charge is 0.321 e. The molecule has 0 saturated carbocycles. The number of nitrogens with two attached hydrogens (primary N) is 1. The lowest BCUT2D eigenvalue weighted by molar-refractivity contribution is -0.126. The Morgan fingerprint density at radius 2 is 2.00 bits per heavy atom. The van der Waals surface area contributed by atoms with E-state index in [4.69, 9.17) is 5.73 Å². The molecule has 152 valence electrons. The molecule has 1 heterocycles. The van der Waals surface area contributed by atoms with Crippen molar-refractivity contribution in [3.63, 3.8) is 0 Å². The Hall–Kier alpha value is -1.79. The molecule has 2 rings (SSSR count). The molecular weight excluding hydrogens is 364 g/mol. The number of halogens is 1. The van der Waals surface area contributed by atoms with Crippen LogP contribution in [0.25, 0.3) is 0 Å². The highest BCUT2D eigenvalue weighted by Gasteiger charge is 2.30. The van der Waals surface area contributed by atoms with E-state index in [-0.39, 0.29) is 35.8 Å². The van der Waals surface area contributed by atoms with Crippen LogP contribution in [0.5, 0.6) is 0 Å². The van der Waals surface area contributed by atoms with Crippen LogP contribution in [0, 0.1) is 12.8 Å². The summed E-state index contributed by atoms with van der Waals surface area (Å²) in [5.74, 6) is -0.181. The van der Waals surface area contributed by atoms with Gasteiger partial charge >= 0.3 is 6.03 Å². The third-order valence-corrected chi connectivity index (χ3v) is 5.37. The van der Waals surface area contributed by atoms with Gasteiger partial charge in [0.25, 0.3) is 0 Å². The van der Waals surface area contributed by atoms with E-state index in [2.05, 4.69) is 10.6 Å². The standard InChI is InChI=1S/C20H32N4O2.ClH/c1-4-20(21,5-2)14-22-18(25)16-9-7-11-24(13-16)19(26)23-17-10-6-8-15(3)12-17;/h6,8,10,12,16H,4-5,7,9,11,13-14,21H2,1-3H3,(H,22,25)(H,23,26);1H. The summed E-state index contributed by atoms with van der Waals surface area (Å²) in [6.07, 6.45) is 3.27. The van der Waals surface area contributed by atoms with Gasteiger partial charge in [-0.05, 0) is 50.3 Å². The van der Waals surface area contributed by atoms with Crippen LogP contribution < -0.4 is 16.4 Å². The molecule has 1 saturated heterocycles. The van der Waals surface area contributed by atoms with E-state index in [0.717, 1.165) is 36.9 Å². The molecule has 1 aliphatic heterocycles. The number of anilines is 1. The number of carbonyl (C=O) groups is 2. The van der Waals surface area contributed by atoms with E-state index < -0.39 is 0 Å². The number of carbonyl (C=O) groups excluding carboxylic acids is 2. The second-order valence-electron chi connectivity index (χ2n) is 7.37. The fraction of sp³-hybridized carbons (Fsp3) is 0.600. The van der Waals surface area contributed by atoms with Crippen molar-refractivity contribution in [3.8, 4) is 0 Å². The minimum absolute atomic E-state index is 0. The highest BCUT2D eigenvalue weighted by molar-refractivity contribution is 5.90. The van der Waals surface area contributed by atoms with E-state index in [9.17, 15) is 9.59 Å². The summed E-state index contributed by atoms with van der Waals surface area (Å²) in [6.45, 7) is 7.65. The van der Waals surface area contributed by atoms with Gasteiger partial charge in [-0.1, -0.05) is 26.0 Å². The topological polar surface area (TPSA) is 87.5 Å². The molecule has 1 fully saturated rings. The first-order valence-electron chi connectivity index (χ1n) is 9.56. The molecule has 0 spiro atoms. The first-order valence-corrected chi connectivity index (χ1v) is 9.56. The summed E-state index contributed by atoms with van der Waals surface area (Å²) in [5, 5.41) is 5.91. The SMILES string of the molecule is CCC(N)(CC)CNC(=O)C1CCCN(C(=O)Nc2cccc(C)c2)C1.Cl. The number of rotatable bonds is 6. The fourth-order valence-electron chi connectivity index (χ4n) is 3.21. The molecule has 1 aliphatic rings. The van der Waals surface area contributed by atoms with Crippen LogP contribution in [0.3, 0.4) is 0 Å². The van der Waals surface area contributed by atoms with Crippen molar-refractivity contribution in [3.05, 3.63) is 29.8 Å². The molecule has 6 nitrogen and oxygen atoms in total. The first-order chi connectivity index (χ1) is 12.4. The Balaban J connectivity index is 0.00000364. The number of amides is 3. The highest BCUT2D eigenvalue weighted by Crippen LogP contribution is 2.19. The molecule has 1 aromatic carbocycles. The van der Waals surface area contributed by atoms with Crippen molar-refractivity contribution in [2.75, 3.05) is 25.0 Å². The summed E-state index contributed by atoms with van der Waals surface area (Å²) in [4.78, 5) is 26.8. The lowest BCUT2D eigenvalue weighted by Crippen LogP contribution is -2.52. The predicted octanol–water partition coefficient (Wildman–Crippen LogP) is 3.29. The van der Waals surface area contributed by atoms with E-state index >= 15 is 0 Å². The molecule has 0 radical (unpaired) electrons. The zero-order chi connectivity index (χ0) is 19.2. The summed E-state index contributed by atoms with van der Waals surface area (Å²) in [5.41, 5.74) is 7.78. The average Bonchev–Trinajstić information content (AvgIpc) is 2.66. The Bertz CT molecular complexity index is 634. The van der Waals surface area contributed by atoms with Gasteiger partial charge in [-0.15, -0.1) is 12.4 Å². The van der Waals surface area contributed by atoms with Gasteiger partial charge in [-0.3, -0.25) is 4.79 Å². The number of urea groups is 1. The summed E-state index contributed by atoms with van der Waals surface area (Å²) < 4.78 is 0. The maximum absolute atomic E-state index is 12.5.